The van der Waals surface area contributed by atoms with Gasteiger partial charge in [0.1, 0.15) is 11.8 Å². The van der Waals surface area contributed by atoms with Gasteiger partial charge in [-0.3, -0.25) is 14.4 Å². The normalized spacial score (nSPS) is 19.9. The van der Waals surface area contributed by atoms with E-state index in [0.29, 0.717) is 23.2 Å². The second-order valence-corrected chi connectivity index (χ2v) is 12.0. The lowest BCUT2D eigenvalue weighted by atomic mass is 9.82. The SMILES string of the molecule is COc1ccc2c(C(=O)C(=O)N(CCCN3CCCC3)C(C(=O)NC3CCCCC3)C3CCCCC3)c[nH]c2c1. The predicted octanol–water partition coefficient (Wildman–Crippen LogP) is 5.07. The van der Waals surface area contributed by atoms with E-state index in [1.165, 1.54) is 19.3 Å². The largest absolute Gasteiger partial charge is 0.497 e. The molecule has 2 heterocycles. The highest BCUT2D eigenvalue weighted by Crippen LogP contribution is 2.31. The van der Waals surface area contributed by atoms with Crippen LogP contribution in [0.25, 0.3) is 10.9 Å². The number of ether oxygens (including phenoxy) is 1. The van der Waals surface area contributed by atoms with E-state index in [2.05, 4.69) is 15.2 Å². The van der Waals surface area contributed by atoms with Gasteiger partial charge < -0.3 is 24.8 Å². The van der Waals surface area contributed by atoms with Crippen molar-refractivity contribution in [3.63, 3.8) is 0 Å². The van der Waals surface area contributed by atoms with Crippen molar-refractivity contribution in [1.82, 2.24) is 20.1 Å². The molecule has 218 valence electrons. The number of carbonyl (C=O) groups excluding carboxylic acids is 3. The Balaban J connectivity index is 1.42. The van der Waals surface area contributed by atoms with E-state index in [1.54, 1.807) is 24.3 Å². The number of rotatable bonds is 11. The summed E-state index contributed by atoms with van der Waals surface area (Å²) in [4.78, 5) is 49.2. The van der Waals surface area contributed by atoms with Gasteiger partial charge in [0.25, 0.3) is 11.7 Å². The molecule has 1 aromatic heterocycles. The number of aromatic nitrogens is 1. The molecule has 2 N–H and O–H groups in total. The van der Waals surface area contributed by atoms with Crippen LogP contribution in [-0.2, 0) is 9.59 Å². The summed E-state index contributed by atoms with van der Waals surface area (Å²) in [5, 5.41) is 4.02. The summed E-state index contributed by atoms with van der Waals surface area (Å²) in [6.07, 6.45) is 15.3. The minimum atomic E-state index is -0.609. The van der Waals surface area contributed by atoms with Gasteiger partial charge in [0.05, 0.1) is 12.7 Å². The zero-order valence-corrected chi connectivity index (χ0v) is 24.1. The second-order valence-electron chi connectivity index (χ2n) is 12.0. The Labute approximate surface area is 238 Å². The molecule has 40 heavy (non-hydrogen) atoms. The molecule has 3 fully saturated rings. The quantitative estimate of drug-likeness (QED) is 0.301. The van der Waals surface area contributed by atoms with Crippen LogP contribution >= 0.6 is 0 Å². The second kappa shape index (κ2) is 13.7. The number of ketones is 1. The van der Waals surface area contributed by atoms with Gasteiger partial charge in [0.2, 0.25) is 5.91 Å². The van der Waals surface area contributed by atoms with Crippen LogP contribution in [0.5, 0.6) is 5.75 Å². The Kier molecular flexibility index (Phi) is 9.79. The fourth-order valence-electron chi connectivity index (χ4n) is 7.10. The van der Waals surface area contributed by atoms with Gasteiger partial charge in [0, 0.05) is 35.8 Å². The Morgan fingerprint density at radius 1 is 1.00 bits per heavy atom. The maximum atomic E-state index is 14.2. The van der Waals surface area contributed by atoms with Crippen molar-refractivity contribution >= 4 is 28.5 Å². The van der Waals surface area contributed by atoms with E-state index in [4.69, 9.17) is 4.74 Å². The fourth-order valence-corrected chi connectivity index (χ4v) is 7.10. The number of amides is 2. The van der Waals surface area contributed by atoms with E-state index in [1.807, 2.05) is 12.1 Å². The standard InChI is InChI=1S/C32H46N4O4/c1-40-25-15-16-26-27(22-33-28(26)21-25)30(37)32(39)36(20-10-19-35-17-8-9-18-35)29(23-11-4-2-5-12-23)31(38)34-24-13-6-3-7-14-24/h15-16,21-24,29,33H,2-14,17-20H2,1H3,(H,34,38). The monoisotopic (exact) mass is 550 g/mol. The van der Waals surface area contributed by atoms with Gasteiger partial charge in [0.15, 0.2) is 0 Å². The lowest BCUT2D eigenvalue weighted by Crippen LogP contribution is -2.57. The molecule has 2 aliphatic carbocycles. The summed E-state index contributed by atoms with van der Waals surface area (Å²) < 4.78 is 5.32. The number of hydrogen-bond donors (Lipinski definition) is 2. The molecule has 5 rings (SSSR count). The number of likely N-dealkylation sites (tertiary alicyclic amines) is 1. The summed E-state index contributed by atoms with van der Waals surface area (Å²) in [5.74, 6) is -0.422. The number of benzene rings is 1. The number of carbonyl (C=O) groups is 3. The van der Waals surface area contributed by atoms with E-state index >= 15 is 0 Å². The van der Waals surface area contributed by atoms with E-state index in [0.717, 1.165) is 89.4 Å². The molecule has 0 bridgehead atoms. The third-order valence-corrected chi connectivity index (χ3v) is 9.31. The zero-order valence-electron chi connectivity index (χ0n) is 24.1. The van der Waals surface area contributed by atoms with Gasteiger partial charge in [-0.1, -0.05) is 38.5 Å². The van der Waals surface area contributed by atoms with Crippen LogP contribution in [0.15, 0.2) is 24.4 Å². The molecule has 0 spiro atoms. The van der Waals surface area contributed by atoms with Crippen molar-refractivity contribution < 1.29 is 19.1 Å². The summed E-state index contributed by atoms with van der Waals surface area (Å²) in [6, 6.07) is 4.99. The first-order valence-electron chi connectivity index (χ1n) is 15.6. The Bertz CT molecular complexity index is 1160. The van der Waals surface area contributed by atoms with Crippen LogP contribution in [0.4, 0.5) is 0 Å². The highest BCUT2D eigenvalue weighted by atomic mass is 16.5. The Morgan fingerprint density at radius 2 is 1.70 bits per heavy atom. The maximum absolute atomic E-state index is 14.2. The molecular weight excluding hydrogens is 504 g/mol. The zero-order chi connectivity index (χ0) is 27.9. The van der Waals surface area contributed by atoms with Crippen LogP contribution in [0.1, 0.15) is 93.8 Å². The molecule has 2 amide bonds. The highest BCUT2D eigenvalue weighted by molar-refractivity contribution is 6.45. The molecule has 3 aliphatic rings. The van der Waals surface area contributed by atoms with E-state index in [9.17, 15) is 14.4 Å². The van der Waals surface area contributed by atoms with Gasteiger partial charge in [-0.05, 0) is 82.6 Å². The molecule has 2 aromatic rings. The smallest absolute Gasteiger partial charge is 0.295 e. The molecular formula is C32H46N4O4. The van der Waals surface area contributed by atoms with Crippen molar-refractivity contribution in [3.05, 3.63) is 30.0 Å². The van der Waals surface area contributed by atoms with Gasteiger partial charge in [-0.15, -0.1) is 0 Å². The third kappa shape index (κ3) is 6.70. The molecule has 2 saturated carbocycles. The topological polar surface area (TPSA) is 94.7 Å². The molecule has 1 aliphatic heterocycles. The average Bonchev–Trinajstić information content (AvgIpc) is 3.66. The maximum Gasteiger partial charge on any atom is 0.295 e. The number of Topliss-reactive ketones (excluding diaryl/α,β-unsaturated/α-hetero) is 1. The molecule has 1 unspecified atom stereocenters. The van der Waals surface area contributed by atoms with E-state index < -0.39 is 17.7 Å². The average molecular weight is 551 g/mol. The molecule has 8 heteroatoms. The van der Waals surface area contributed by atoms with Gasteiger partial charge >= 0.3 is 0 Å². The summed E-state index contributed by atoms with van der Waals surface area (Å²) in [7, 11) is 1.60. The van der Waals surface area contributed by atoms with Gasteiger partial charge in [-0.2, -0.15) is 0 Å². The minimum absolute atomic E-state index is 0.0650. The van der Waals surface area contributed by atoms with Crippen molar-refractivity contribution in [3.8, 4) is 5.75 Å². The van der Waals surface area contributed by atoms with E-state index in [-0.39, 0.29) is 17.9 Å². The lowest BCUT2D eigenvalue weighted by molar-refractivity contribution is -0.140. The van der Waals surface area contributed by atoms with Crippen LogP contribution in [0.2, 0.25) is 0 Å². The number of H-pyrrole nitrogens is 1. The molecule has 0 radical (unpaired) electrons. The van der Waals surface area contributed by atoms with Crippen LogP contribution in [0, 0.1) is 5.92 Å². The number of nitrogens with zero attached hydrogens (tertiary/aromatic N) is 2. The Hall–Kier alpha value is -2.87. The number of nitrogens with one attached hydrogen (secondary N) is 2. The van der Waals surface area contributed by atoms with Crippen LogP contribution < -0.4 is 10.1 Å². The minimum Gasteiger partial charge on any atom is -0.497 e. The first kappa shape index (κ1) is 28.7. The fraction of sp³-hybridized carbons (Fsp3) is 0.656. The molecule has 1 atom stereocenters. The predicted molar refractivity (Wildman–Crippen MR) is 157 cm³/mol. The summed E-state index contributed by atoms with van der Waals surface area (Å²) in [6.45, 7) is 3.46. The number of methoxy groups -OCH3 is 1. The van der Waals surface area contributed by atoms with Crippen molar-refractivity contribution in [2.75, 3.05) is 33.3 Å². The number of hydrogen-bond acceptors (Lipinski definition) is 5. The molecule has 1 aromatic carbocycles. The van der Waals surface area contributed by atoms with Crippen molar-refractivity contribution in [2.45, 2.75) is 95.6 Å². The van der Waals surface area contributed by atoms with Crippen LogP contribution in [-0.4, -0.2) is 77.8 Å². The third-order valence-electron chi connectivity index (χ3n) is 9.31. The lowest BCUT2D eigenvalue weighted by Gasteiger charge is -2.39. The van der Waals surface area contributed by atoms with Crippen molar-refractivity contribution in [2.24, 2.45) is 5.92 Å². The first-order valence-corrected chi connectivity index (χ1v) is 15.6. The molecule has 8 nitrogen and oxygen atoms in total. The summed E-state index contributed by atoms with van der Waals surface area (Å²) >= 11 is 0. The Morgan fingerprint density at radius 3 is 2.40 bits per heavy atom. The van der Waals surface area contributed by atoms with Crippen molar-refractivity contribution in [1.29, 1.82) is 0 Å². The molecule has 1 saturated heterocycles. The summed E-state index contributed by atoms with van der Waals surface area (Å²) in [5.41, 5.74) is 1.09. The van der Waals surface area contributed by atoms with Crippen LogP contribution in [0.3, 0.4) is 0 Å². The number of aromatic amines is 1. The van der Waals surface area contributed by atoms with Gasteiger partial charge in [-0.25, -0.2) is 0 Å². The first-order chi connectivity index (χ1) is 19.5. The highest BCUT2D eigenvalue weighted by Gasteiger charge is 2.40. The number of fused-ring (bicyclic) bond motifs is 1.